The van der Waals surface area contributed by atoms with Crippen LogP contribution in [0.1, 0.15) is 41.0 Å². The highest BCUT2D eigenvalue weighted by atomic mass is 16.1. The van der Waals surface area contributed by atoms with Gasteiger partial charge in [0.05, 0.1) is 11.3 Å². The lowest BCUT2D eigenvalue weighted by Crippen LogP contribution is -2.25. The molecule has 0 fully saturated rings. The van der Waals surface area contributed by atoms with Gasteiger partial charge in [0.1, 0.15) is 0 Å². The minimum absolute atomic E-state index is 0.0474. The summed E-state index contributed by atoms with van der Waals surface area (Å²) in [5.74, 6) is 2.54. The van der Waals surface area contributed by atoms with Gasteiger partial charge in [-0.25, -0.2) is 0 Å². The summed E-state index contributed by atoms with van der Waals surface area (Å²) in [6.45, 7) is 4.40. The maximum absolute atomic E-state index is 11.9. The Hall–Kier alpha value is -1.76. The molecular weight excluding hydrogens is 214 g/mol. The number of unbranched alkanes of at least 4 members (excludes halogenated alkanes) is 2. The van der Waals surface area contributed by atoms with Crippen molar-refractivity contribution in [1.29, 1.82) is 0 Å². The van der Waals surface area contributed by atoms with Crippen molar-refractivity contribution in [3.8, 4) is 12.3 Å². The Morgan fingerprint density at radius 1 is 1.47 bits per heavy atom. The van der Waals surface area contributed by atoms with Crippen LogP contribution < -0.4 is 5.32 Å². The van der Waals surface area contributed by atoms with E-state index in [1.807, 2.05) is 20.9 Å². The lowest BCUT2D eigenvalue weighted by Gasteiger charge is -2.04. The highest BCUT2D eigenvalue weighted by Crippen LogP contribution is 2.11. The summed E-state index contributed by atoms with van der Waals surface area (Å²) in [6.07, 6.45) is 7.78. The average molecular weight is 233 g/mol. The first-order chi connectivity index (χ1) is 8.07. The van der Waals surface area contributed by atoms with Gasteiger partial charge in [-0.1, -0.05) is 0 Å². The summed E-state index contributed by atoms with van der Waals surface area (Å²) >= 11 is 0. The molecule has 0 aliphatic rings. The van der Waals surface area contributed by atoms with Gasteiger partial charge in [0.15, 0.2) is 0 Å². The van der Waals surface area contributed by atoms with Crippen LogP contribution in [-0.4, -0.2) is 22.2 Å². The molecule has 0 unspecified atom stereocenters. The summed E-state index contributed by atoms with van der Waals surface area (Å²) in [7, 11) is 1.84. The van der Waals surface area contributed by atoms with Crippen LogP contribution in [0.5, 0.6) is 0 Å². The lowest BCUT2D eigenvalue weighted by molar-refractivity contribution is 0.0951. The number of aryl methyl sites for hydroxylation is 2. The first-order valence-electron chi connectivity index (χ1n) is 5.79. The molecule has 0 aliphatic heterocycles. The third kappa shape index (κ3) is 3.35. The third-order valence-electron chi connectivity index (χ3n) is 2.77. The monoisotopic (exact) mass is 233 g/mol. The van der Waals surface area contributed by atoms with E-state index < -0.39 is 0 Å². The van der Waals surface area contributed by atoms with E-state index in [0.29, 0.717) is 12.1 Å². The number of terminal acetylenes is 1. The molecule has 0 saturated carbocycles. The van der Waals surface area contributed by atoms with Crippen LogP contribution in [0.25, 0.3) is 0 Å². The van der Waals surface area contributed by atoms with E-state index in [4.69, 9.17) is 6.42 Å². The lowest BCUT2D eigenvalue weighted by atomic mass is 10.2. The largest absolute Gasteiger partial charge is 0.352 e. The number of nitrogens with one attached hydrogen (secondary N) is 1. The van der Waals surface area contributed by atoms with Crippen molar-refractivity contribution in [1.82, 2.24) is 15.1 Å². The van der Waals surface area contributed by atoms with Crippen molar-refractivity contribution >= 4 is 5.91 Å². The van der Waals surface area contributed by atoms with Crippen molar-refractivity contribution in [3.05, 3.63) is 17.0 Å². The molecule has 0 radical (unpaired) electrons. The number of amides is 1. The fourth-order valence-electron chi connectivity index (χ4n) is 1.74. The Labute approximate surface area is 102 Å². The van der Waals surface area contributed by atoms with Gasteiger partial charge in [-0.05, 0) is 26.7 Å². The molecule has 0 aromatic carbocycles. The molecule has 92 valence electrons. The second kappa shape index (κ2) is 6.09. The minimum atomic E-state index is -0.0474. The Kier molecular flexibility index (Phi) is 4.77. The maximum atomic E-state index is 11.9. The Morgan fingerprint density at radius 3 is 2.71 bits per heavy atom. The number of aromatic nitrogens is 2. The molecule has 0 spiro atoms. The van der Waals surface area contributed by atoms with Gasteiger partial charge in [-0.15, -0.1) is 12.3 Å². The number of hydrogen-bond acceptors (Lipinski definition) is 2. The number of rotatable bonds is 5. The molecular formula is C13H19N3O. The summed E-state index contributed by atoms with van der Waals surface area (Å²) < 4.78 is 1.72. The molecule has 1 N–H and O–H groups in total. The Morgan fingerprint density at radius 2 is 2.18 bits per heavy atom. The molecule has 1 amide bonds. The van der Waals surface area contributed by atoms with E-state index in [0.717, 1.165) is 30.7 Å². The second-order valence-electron chi connectivity index (χ2n) is 4.09. The third-order valence-corrected chi connectivity index (χ3v) is 2.77. The fraction of sp³-hybridized carbons (Fsp3) is 0.538. The molecule has 1 aromatic heterocycles. The zero-order valence-corrected chi connectivity index (χ0v) is 10.7. The number of nitrogens with zero attached hydrogens (tertiary/aromatic N) is 2. The highest BCUT2D eigenvalue weighted by molar-refractivity contribution is 5.96. The average Bonchev–Trinajstić information content (AvgIpc) is 2.53. The fourth-order valence-corrected chi connectivity index (χ4v) is 1.74. The summed E-state index contributed by atoms with van der Waals surface area (Å²) in [5.41, 5.74) is 2.35. The van der Waals surface area contributed by atoms with Crippen molar-refractivity contribution in [2.24, 2.45) is 7.05 Å². The quantitative estimate of drug-likeness (QED) is 0.620. The first-order valence-corrected chi connectivity index (χ1v) is 5.79. The van der Waals surface area contributed by atoms with E-state index in [2.05, 4.69) is 16.3 Å². The second-order valence-corrected chi connectivity index (χ2v) is 4.09. The van der Waals surface area contributed by atoms with Crippen molar-refractivity contribution < 1.29 is 4.79 Å². The zero-order chi connectivity index (χ0) is 12.8. The molecule has 1 heterocycles. The van der Waals surface area contributed by atoms with E-state index in [9.17, 15) is 4.79 Å². The number of hydrogen-bond donors (Lipinski definition) is 1. The molecule has 1 rings (SSSR count). The van der Waals surface area contributed by atoms with Crippen molar-refractivity contribution in [2.75, 3.05) is 6.54 Å². The van der Waals surface area contributed by atoms with E-state index in [1.54, 1.807) is 4.68 Å². The van der Waals surface area contributed by atoms with Crippen LogP contribution in [0, 0.1) is 26.2 Å². The smallest absolute Gasteiger partial charge is 0.255 e. The zero-order valence-electron chi connectivity index (χ0n) is 10.7. The Balaban J connectivity index is 2.50. The van der Waals surface area contributed by atoms with Crippen molar-refractivity contribution in [3.63, 3.8) is 0 Å². The number of carbonyl (C=O) groups is 1. The summed E-state index contributed by atoms with van der Waals surface area (Å²) in [5, 5.41) is 7.11. The van der Waals surface area contributed by atoms with Crippen molar-refractivity contribution in [2.45, 2.75) is 33.1 Å². The SMILES string of the molecule is C#CCCCCNC(=O)c1c(C)nn(C)c1C. The van der Waals surface area contributed by atoms with Gasteiger partial charge in [-0.3, -0.25) is 9.48 Å². The van der Waals surface area contributed by atoms with Crippen LogP contribution in [0.15, 0.2) is 0 Å². The highest BCUT2D eigenvalue weighted by Gasteiger charge is 2.16. The Bertz CT molecular complexity index is 440. The van der Waals surface area contributed by atoms with Crippen LogP contribution >= 0.6 is 0 Å². The molecule has 4 heteroatoms. The molecule has 0 saturated heterocycles. The van der Waals surface area contributed by atoms with E-state index in [1.165, 1.54) is 0 Å². The van der Waals surface area contributed by atoms with Crippen LogP contribution in [0.3, 0.4) is 0 Å². The van der Waals surface area contributed by atoms with Gasteiger partial charge in [0, 0.05) is 25.7 Å². The van der Waals surface area contributed by atoms with Crippen LogP contribution in [0.4, 0.5) is 0 Å². The molecule has 1 aromatic rings. The minimum Gasteiger partial charge on any atom is -0.352 e. The topological polar surface area (TPSA) is 46.9 Å². The van der Waals surface area contributed by atoms with E-state index >= 15 is 0 Å². The predicted octanol–water partition coefficient (Wildman–Crippen LogP) is 1.57. The number of carbonyl (C=O) groups excluding carboxylic acids is 1. The normalized spacial score (nSPS) is 10.0. The molecule has 0 aliphatic carbocycles. The predicted molar refractivity (Wildman–Crippen MR) is 67.7 cm³/mol. The molecule has 0 atom stereocenters. The molecule has 17 heavy (non-hydrogen) atoms. The molecule has 0 bridgehead atoms. The van der Waals surface area contributed by atoms with Crippen LogP contribution in [-0.2, 0) is 7.05 Å². The van der Waals surface area contributed by atoms with Gasteiger partial charge >= 0.3 is 0 Å². The first kappa shape index (κ1) is 13.3. The van der Waals surface area contributed by atoms with Gasteiger partial charge < -0.3 is 5.32 Å². The van der Waals surface area contributed by atoms with Gasteiger partial charge in [0.2, 0.25) is 0 Å². The summed E-state index contributed by atoms with van der Waals surface area (Å²) in [4.78, 5) is 11.9. The standard InChI is InChI=1S/C13H19N3O/c1-5-6-7-8-9-14-13(17)12-10(2)15-16(4)11(12)3/h1H,6-9H2,2-4H3,(H,14,17). The van der Waals surface area contributed by atoms with E-state index in [-0.39, 0.29) is 5.91 Å². The van der Waals surface area contributed by atoms with Gasteiger partial charge in [0.25, 0.3) is 5.91 Å². The maximum Gasteiger partial charge on any atom is 0.255 e. The van der Waals surface area contributed by atoms with Crippen LogP contribution in [0.2, 0.25) is 0 Å². The molecule has 4 nitrogen and oxygen atoms in total. The summed E-state index contributed by atoms with van der Waals surface area (Å²) in [6, 6.07) is 0. The van der Waals surface area contributed by atoms with Gasteiger partial charge in [-0.2, -0.15) is 5.10 Å².